The zero-order chi connectivity index (χ0) is 9.19. The Balaban J connectivity index is 2.40. The van der Waals surface area contributed by atoms with Crippen molar-refractivity contribution in [3.8, 4) is 0 Å². The molecular formula is C9H14F2O. The fourth-order valence-corrected chi connectivity index (χ4v) is 1.35. The molecule has 0 aromatic rings. The summed E-state index contributed by atoms with van der Waals surface area (Å²) in [6.45, 7) is 0.757. The molecule has 12 heavy (non-hydrogen) atoms. The number of rotatable bonds is 3. The van der Waals surface area contributed by atoms with Crippen LogP contribution in [0.4, 0.5) is 8.78 Å². The van der Waals surface area contributed by atoms with E-state index in [0.29, 0.717) is 0 Å². The van der Waals surface area contributed by atoms with Crippen molar-refractivity contribution >= 4 is 0 Å². The molecule has 1 aliphatic carbocycles. The summed E-state index contributed by atoms with van der Waals surface area (Å²) in [6.07, 6.45) is 3.45. The lowest BCUT2D eigenvalue weighted by molar-refractivity contribution is -0.0922. The summed E-state index contributed by atoms with van der Waals surface area (Å²) < 4.78 is 25.0. The Morgan fingerprint density at radius 1 is 1.67 bits per heavy atom. The Morgan fingerprint density at radius 2 is 2.33 bits per heavy atom. The molecule has 0 aliphatic heterocycles. The summed E-state index contributed by atoms with van der Waals surface area (Å²) in [4.78, 5) is 0. The number of halogens is 2. The maximum Gasteiger partial charge on any atom is 0.271 e. The molecule has 0 heterocycles. The molecule has 0 bridgehead atoms. The van der Waals surface area contributed by atoms with Crippen LogP contribution in [-0.4, -0.2) is 17.1 Å². The monoisotopic (exact) mass is 176 g/mol. The molecular weight excluding hydrogens is 162 g/mol. The summed E-state index contributed by atoms with van der Waals surface area (Å²) in [6, 6.07) is 0. The van der Waals surface area contributed by atoms with E-state index in [-0.39, 0.29) is 6.42 Å². The van der Waals surface area contributed by atoms with Crippen LogP contribution < -0.4 is 0 Å². The molecule has 1 rings (SSSR count). The Kier molecular flexibility index (Phi) is 2.83. The highest BCUT2D eigenvalue weighted by molar-refractivity contribution is 5.09. The Hall–Kier alpha value is -0.440. The molecule has 0 aromatic carbocycles. The van der Waals surface area contributed by atoms with E-state index in [9.17, 15) is 8.78 Å². The van der Waals surface area contributed by atoms with Crippen LogP contribution in [0.5, 0.6) is 0 Å². The fraction of sp³-hybridized carbons (Fsp3) is 0.778. The molecule has 0 saturated heterocycles. The van der Waals surface area contributed by atoms with Gasteiger partial charge in [-0.2, -0.15) is 0 Å². The van der Waals surface area contributed by atoms with Crippen molar-refractivity contribution in [3.63, 3.8) is 0 Å². The van der Waals surface area contributed by atoms with Crippen LogP contribution in [0.15, 0.2) is 11.6 Å². The first-order chi connectivity index (χ1) is 5.50. The van der Waals surface area contributed by atoms with Crippen molar-refractivity contribution in [1.82, 2.24) is 0 Å². The van der Waals surface area contributed by atoms with Gasteiger partial charge in [0.05, 0.1) is 0 Å². The van der Waals surface area contributed by atoms with Gasteiger partial charge < -0.3 is 5.11 Å². The van der Waals surface area contributed by atoms with Gasteiger partial charge in [0.15, 0.2) is 0 Å². The molecule has 70 valence electrons. The molecule has 0 amide bonds. The maximum atomic E-state index is 12.5. The minimum absolute atomic E-state index is 0.128. The van der Waals surface area contributed by atoms with Gasteiger partial charge in [-0.15, -0.1) is 0 Å². The Labute approximate surface area is 71.1 Å². The van der Waals surface area contributed by atoms with Gasteiger partial charge in [-0.1, -0.05) is 11.6 Å². The third-order valence-corrected chi connectivity index (χ3v) is 2.18. The van der Waals surface area contributed by atoms with E-state index in [0.717, 1.165) is 31.8 Å². The second-order valence-electron chi connectivity index (χ2n) is 3.43. The minimum Gasteiger partial charge on any atom is -0.387 e. The van der Waals surface area contributed by atoms with Crippen LogP contribution in [0, 0.1) is 0 Å². The number of aliphatic hydroxyl groups excluding tert-OH is 1. The van der Waals surface area contributed by atoms with Crippen molar-refractivity contribution in [2.24, 2.45) is 0 Å². The van der Waals surface area contributed by atoms with E-state index in [1.165, 1.54) is 0 Å². The topological polar surface area (TPSA) is 20.2 Å². The van der Waals surface area contributed by atoms with Gasteiger partial charge >= 0.3 is 0 Å². The molecule has 0 spiro atoms. The highest BCUT2D eigenvalue weighted by Gasteiger charge is 2.32. The molecule has 0 saturated carbocycles. The summed E-state index contributed by atoms with van der Waals surface area (Å²) in [5.74, 6) is -2.97. The van der Waals surface area contributed by atoms with Gasteiger partial charge in [0.1, 0.15) is 6.10 Å². The van der Waals surface area contributed by atoms with E-state index in [1.54, 1.807) is 0 Å². The fourth-order valence-electron chi connectivity index (χ4n) is 1.35. The molecule has 1 nitrogen and oxygen atoms in total. The second-order valence-corrected chi connectivity index (χ2v) is 3.43. The molecule has 0 aromatic heterocycles. The van der Waals surface area contributed by atoms with Crippen LogP contribution >= 0.6 is 0 Å². The predicted molar refractivity (Wildman–Crippen MR) is 43.2 cm³/mol. The second kappa shape index (κ2) is 3.52. The van der Waals surface area contributed by atoms with Gasteiger partial charge in [0, 0.05) is 13.3 Å². The minimum atomic E-state index is -2.97. The van der Waals surface area contributed by atoms with Crippen molar-refractivity contribution < 1.29 is 13.9 Å². The first-order valence-electron chi connectivity index (χ1n) is 4.24. The smallest absolute Gasteiger partial charge is 0.271 e. The van der Waals surface area contributed by atoms with E-state index >= 15 is 0 Å². The van der Waals surface area contributed by atoms with Crippen molar-refractivity contribution in [2.45, 2.75) is 44.6 Å². The van der Waals surface area contributed by atoms with Crippen LogP contribution in [0.3, 0.4) is 0 Å². The molecule has 1 unspecified atom stereocenters. The molecule has 0 radical (unpaired) electrons. The van der Waals surface area contributed by atoms with E-state index in [4.69, 9.17) is 5.11 Å². The summed E-state index contributed by atoms with van der Waals surface area (Å²) in [5, 5.41) is 9.06. The van der Waals surface area contributed by atoms with Gasteiger partial charge in [0.2, 0.25) is 0 Å². The lowest BCUT2D eigenvalue weighted by atomic mass is 10.0. The highest BCUT2D eigenvalue weighted by Crippen LogP contribution is 2.27. The number of hydrogen-bond donors (Lipinski definition) is 1. The summed E-state index contributed by atoms with van der Waals surface area (Å²) in [7, 11) is 0. The van der Waals surface area contributed by atoms with Crippen molar-refractivity contribution in [3.05, 3.63) is 11.6 Å². The molecule has 1 N–H and O–H groups in total. The number of alkyl halides is 2. The Morgan fingerprint density at radius 3 is 2.75 bits per heavy atom. The lowest BCUT2D eigenvalue weighted by Crippen LogP contribution is -2.30. The molecule has 0 fully saturated rings. The quantitative estimate of drug-likeness (QED) is 0.655. The first-order valence-corrected chi connectivity index (χ1v) is 4.24. The summed E-state index contributed by atoms with van der Waals surface area (Å²) >= 11 is 0. The van der Waals surface area contributed by atoms with Crippen LogP contribution in [0.2, 0.25) is 0 Å². The van der Waals surface area contributed by atoms with Gasteiger partial charge in [0.25, 0.3) is 5.92 Å². The van der Waals surface area contributed by atoms with Gasteiger partial charge in [-0.25, -0.2) is 8.78 Å². The van der Waals surface area contributed by atoms with Crippen molar-refractivity contribution in [1.29, 1.82) is 0 Å². The highest BCUT2D eigenvalue weighted by atomic mass is 19.3. The van der Waals surface area contributed by atoms with Crippen molar-refractivity contribution in [2.75, 3.05) is 0 Å². The van der Waals surface area contributed by atoms with Gasteiger partial charge in [-0.05, 0) is 19.3 Å². The number of hydrogen-bond acceptors (Lipinski definition) is 1. The SMILES string of the molecule is CC(F)(F)C(O)CC1=CCCC1. The van der Waals surface area contributed by atoms with E-state index in [2.05, 4.69) is 0 Å². The van der Waals surface area contributed by atoms with E-state index in [1.807, 2.05) is 6.08 Å². The van der Waals surface area contributed by atoms with Crippen LogP contribution in [0.25, 0.3) is 0 Å². The van der Waals surface area contributed by atoms with Gasteiger partial charge in [-0.3, -0.25) is 0 Å². The standard InChI is InChI=1S/C9H14F2O/c1-9(10,11)8(12)6-7-4-2-3-5-7/h4,8,12H,2-3,5-6H2,1H3. The maximum absolute atomic E-state index is 12.5. The lowest BCUT2D eigenvalue weighted by Gasteiger charge is -2.18. The average molecular weight is 176 g/mol. The average Bonchev–Trinajstić information content (AvgIpc) is 2.37. The third-order valence-electron chi connectivity index (χ3n) is 2.18. The Bertz CT molecular complexity index is 181. The zero-order valence-electron chi connectivity index (χ0n) is 7.19. The van der Waals surface area contributed by atoms with Crippen LogP contribution in [-0.2, 0) is 0 Å². The van der Waals surface area contributed by atoms with E-state index < -0.39 is 12.0 Å². The van der Waals surface area contributed by atoms with Crippen LogP contribution in [0.1, 0.15) is 32.6 Å². The summed E-state index contributed by atoms with van der Waals surface area (Å²) in [5.41, 5.74) is 0.976. The number of allylic oxidation sites excluding steroid dienone is 1. The molecule has 3 heteroatoms. The zero-order valence-corrected chi connectivity index (χ0v) is 7.19. The first kappa shape index (κ1) is 9.65. The predicted octanol–water partition coefficient (Wildman–Crippen LogP) is 2.50. The molecule has 1 atom stereocenters. The normalized spacial score (nSPS) is 20.8. The molecule has 1 aliphatic rings. The third kappa shape index (κ3) is 2.55. The largest absolute Gasteiger partial charge is 0.387 e. The number of aliphatic hydroxyl groups is 1.